The minimum absolute atomic E-state index is 0.141. The highest BCUT2D eigenvalue weighted by molar-refractivity contribution is 5.93. The molecule has 0 aromatic carbocycles. The average Bonchev–Trinajstić information content (AvgIpc) is 2.92. The summed E-state index contributed by atoms with van der Waals surface area (Å²) in [4.78, 5) is 27.6. The molecule has 0 aliphatic heterocycles. The highest BCUT2D eigenvalue weighted by atomic mass is 16.2. The lowest BCUT2D eigenvalue weighted by molar-refractivity contribution is -0.123. The quantitative estimate of drug-likeness (QED) is 0.782. The zero-order valence-electron chi connectivity index (χ0n) is 11.6. The molecule has 1 aliphatic rings. The number of carbonyl (C=O) groups excluding carboxylic acids is 2. The van der Waals surface area contributed by atoms with Gasteiger partial charge in [-0.1, -0.05) is 12.8 Å². The number of hydrogen-bond acceptors (Lipinski definition) is 3. The standard InChI is InChI=1S/C14H20N4O2/c1-10(13(19)17-11-5-2-3-6-11)16-14(20)18-12-7-4-8-15-9-12/h4,7-11H,2-3,5-6H2,1H3,(H,17,19)(H2,16,18,20)/t10-/m0/s1. The number of amides is 3. The number of anilines is 1. The number of urea groups is 1. The lowest BCUT2D eigenvalue weighted by Gasteiger charge is -2.18. The molecule has 1 fully saturated rings. The Labute approximate surface area is 118 Å². The predicted octanol–water partition coefficient (Wildman–Crippen LogP) is 1.65. The molecule has 1 aromatic heterocycles. The summed E-state index contributed by atoms with van der Waals surface area (Å²) in [7, 11) is 0. The molecule has 2 rings (SSSR count). The van der Waals surface area contributed by atoms with Crippen LogP contribution in [0, 0.1) is 0 Å². The Hall–Kier alpha value is -2.11. The van der Waals surface area contributed by atoms with Gasteiger partial charge >= 0.3 is 6.03 Å². The lowest BCUT2D eigenvalue weighted by atomic mass is 10.2. The first kappa shape index (κ1) is 14.3. The topological polar surface area (TPSA) is 83.1 Å². The van der Waals surface area contributed by atoms with Crippen molar-refractivity contribution in [3.05, 3.63) is 24.5 Å². The molecule has 20 heavy (non-hydrogen) atoms. The van der Waals surface area contributed by atoms with Crippen molar-refractivity contribution < 1.29 is 9.59 Å². The fourth-order valence-corrected chi connectivity index (χ4v) is 2.26. The van der Waals surface area contributed by atoms with Gasteiger partial charge < -0.3 is 16.0 Å². The number of nitrogens with zero attached hydrogens (tertiary/aromatic N) is 1. The molecule has 6 heteroatoms. The van der Waals surface area contributed by atoms with Gasteiger partial charge in [-0.15, -0.1) is 0 Å². The number of pyridine rings is 1. The Bertz CT molecular complexity index is 458. The summed E-state index contributed by atoms with van der Waals surface area (Å²) < 4.78 is 0. The maximum atomic E-state index is 11.9. The normalized spacial score (nSPS) is 16.4. The molecule has 0 radical (unpaired) electrons. The number of rotatable bonds is 4. The summed E-state index contributed by atoms with van der Waals surface area (Å²) in [5.41, 5.74) is 0.591. The van der Waals surface area contributed by atoms with Gasteiger partial charge in [0.15, 0.2) is 0 Å². The van der Waals surface area contributed by atoms with Crippen molar-refractivity contribution in [2.24, 2.45) is 0 Å². The highest BCUT2D eigenvalue weighted by Crippen LogP contribution is 2.17. The van der Waals surface area contributed by atoms with Crippen LogP contribution < -0.4 is 16.0 Å². The van der Waals surface area contributed by atoms with E-state index in [1.807, 2.05) is 0 Å². The Kier molecular flexibility index (Phi) is 4.92. The molecule has 1 atom stereocenters. The molecular weight excluding hydrogens is 256 g/mol. The van der Waals surface area contributed by atoms with E-state index in [0.29, 0.717) is 5.69 Å². The Morgan fingerprint density at radius 2 is 2.10 bits per heavy atom. The van der Waals surface area contributed by atoms with E-state index in [-0.39, 0.29) is 11.9 Å². The van der Waals surface area contributed by atoms with Crippen molar-refractivity contribution in [2.45, 2.75) is 44.7 Å². The molecule has 1 heterocycles. The van der Waals surface area contributed by atoms with E-state index in [1.165, 1.54) is 0 Å². The van der Waals surface area contributed by atoms with Crippen LogP contribution in [0.4, 0.5) is 10.5 Å². The van der Waals surface area contributed by atoms with Crippen molar-refractivity contribution in [3.8, 4) is 0 Å². The van der Waals surface area contributed by atoms with Crippen molar-refractivity contribution >= 4 is 17.6 Å². The molecule has 3 N–H and O–H groups in total. The van der Waals surface area contributed by atoms with Gasteiger partial charge in [0.25, 0.3) is 0 Å². The zero-order valence-corrected chi connectivity index (χ0v) is 11.6. The zero-order chi connectivity index (χ0) is 14.4. The Balaban J connectivity index is 1.76. The van der Waals surface area contributed by atoms with Gasteiger partial charge in [-0.05, 0) is 31.9 Å². The van der Waals surface area contributed by atoms with Gasteiger partial charge in [0, 0.05) is 12.2 Å². The van der Waals surface area contributed by atoms with Crippen LogP contribution in [-0.2, 0) is 4.79 Å². The third-order valence-electron chi connectivity index (χ3n) is 3.36. The molecular formula is C14H20N4O2. The van der Waals surface area contributed by atoms with Crippen LogP contribution in [0.2, 0.25) is 0 Å². The molecule has 0 unspecified atom stereocenters. The molecule has 0 saturated heterocycles. The minimum atomic E-state index is -0.563. The highest BCUT2D eigenvalue weighted by Gasteiger charge is 2.21. The monoisotopic (exact) mass is 276 g/mol. The van der Waals surface area contributed by atoms with Gasteiger partial charge in [-0.2, -0.15) is 0 Å². The summed E-state index contributed by atoms with van der Waals surface area (Å²) in [5, 5.41) is 8.20. The summed E-state index contributed by atoms with van der Waals surface area (Å²) in [6, 6.07) is 2.74. The van der Waals surface area contributed by atoms with Crippen molar-refractivity contribution in [2.75, 3.05) is 5.32 Å². The van der Waals surface area contributed by atoms with Crippen LogP contribution in [0.3, 0.4) is 0 Å². The Morgan fingerprint density at radius 3 is 2.75 bits per heavy atom. The molecule has 0 spiro atoms. The van der Waals surface area contributed by atoms with Crippen LogP contribution in [0.15, 0.2) is 24.5 Å². The third-order valence-corrected chi connectivity index (χ3v) is 3.36. The summed E-state index contributed by atoms with van der Waals surface area (Å²) in [6.45, 7) is 1.67. The van der Waals surface area contributed by atoms with E-state index in [2.05, 4.69) is 20.9 Å². The van der Waals surface area contributed by atoms with Gasteiger partial charge in [0.1, 0.15) is 6.04 Å². The second-order valence-electron chi connectivity index (χ2n) is 5.05. The van der Waals surface area contributed by atoms with Gasteiger partial charge in [0.05, 0.1) is 11.9 Å². The van der Waals surface area contributed by atoms with Crippen molar-refractivity contribution in [3.63, 3.8) is 0 Å². The van der Waals surface area contributed by atoms with Gasteiger partial charge in [-0.3, -0.25) is 9.78 Å². The van der Waals surface area contributed by atoms with Crippen LogP contribution in [0.5, 0.6) is 0 Å². The number of carbonyl (C=O) groups is 2. The molecule has 1 saturated carbocycles. The largest absolute Gasteiger partial charge is 0.352 e. The van der Waals surface area contributed by atoms with Crippen LogP contribution in [-0.4, -0.2) is 29.0 Å². The molecule has 0 bridgehead atoms. The first-order valence-electron chi connectivity index (χ1n) is 6.93. The smallest absolute Gasteiger partial charge is 0.319 e. The predicted molar refractivity (Wildman–Crippen MR) is 76.3 cm³/mol. The number of hydrogen-bond donors (Lipinski definition) is 3. The van der Waals surface area contributed by atoms with Crippen molar-refractivity contribution in [1.29, 1.82) is 0 Å². The molecule has 1 aromatic rings. The second-order valence-corrected chi connectivity index (χ2v) is 5.05. The summed E-state index contributed by atoms with van der Waals surface area (Å²) in [6.07, 6.45) is 7.55. The van der Waals surface area contributed by atoms with Crippen LogP contribution in [0.25, 0.3) is 0 Å². The number of aromatic nitrogens is 1. The maximum Gasteiger partial charge on any atom is 0.319 e. The summed E-state index contributed by atoms with van der Waals surface area (Å²) in [5.74, 6) is -0.141. The van der Waals surface area contributed by atoms with Crippen LogP contribution in [0.1, 0.15) is 32.6 Å². The SMILES string of the molecule is C[C@H](NC(=O)Nc1cccnc1)C(=O)NC1CCCC1. The van der Waals surface area contributed by atoms with E-state index < -0.39 is 12.1 Å². The molecule has 3 amide bonds. The van der Waals surface area contributed by atoms with Gasteiger partial charge in [-0.25, -0.2) is 4.79 Å². The van der Waals surface area contributed by atoms with E-state index in [9.17, 15) is 9.59 Å². The fraction of sp³-hybridized carbons (Fsp3) is 0.500. The first-order valence-corrected chi connectivity index (χ1v) is 6.93. The van der Waals surface area contributed by atoms with E-state index >= 15 is 0 Å². The first-order chi connectivity index (χ1) is 9.65. The maximum absolute atomic E-state index is 11.9. The van der Waals surface area contributed by atoms with E-state index in [1.54, 1.807) is 31.5 Å². The molecule has 1 aliphatic carbocycles. The minimum Gasteiger partial charge on any atom is -0.352 e. The van der Waals surface area contributed by atoms with E-state index in [0.717, 1.165) is 25.7 Å². The van der Waals surface area contributed by atoms with Crippen molar-refractivity contribution in [1.82, 2.24) is 15.6 Å². The lowest BCUT2D eigenvalue weighted by Crippen LogP contribution is -2.48. The third kappa shape index (κ3) is 4.22. The number of nitrogens with one attached hydrogen (secondary N) is 3. The molecule has 108 valence electrons. The van der Waals surface area contributed by atoms with Gasteiger partial charge in [0.2, 0.25) is 5.91 Å². The Morgan fingerprint density at radius 1 is 1.35 bits per heavy atom. The van der Waals surface area contributed by atoms with Crippen LogP contribution >= 0.6 is 0 Å². The fourth-order valence-electron chi connectivity index (χ4n) is 2.26. The average molecular weight is 276 g/mol. The second kappa shape index (κ2) is 6.88. The molecule has 6 nitrogen and oxygen atoms in total. The summed E-state index contributed by atoms with van der Waals surface area (Å²) >= 11 is 0. The van der Waals surface area contributed by atoms with E-state index in [4.69, 9.17) is 0 Å².